The number of hydrogen-bond donors (Lipinski definition) is 0. The molecule has 3 aromatic rings. The van der Waals surface area contributed by atoms with Crippen LogP contribution in [0.4, 0.5) is 13.2 Å². The van der Waals surface area contributed by atoms with E-state index in [9.17, 15) is 4.39 Å². The van der Waals surface area contributed by atoms with Crippen molar-refractivity contribution >= 4 is 15.9 Å². The van der Waals surface area contributed by atoms with Gasteiger partial charge in [-0.3, -0.25) is 4.90 Å². The van der Waals surface area contributed by atoms with E-state index in [1.54, 1.807) is 41.3 Å². The molecule has 0 N–H and O–H groups in total. The highest BCUT2D eigenvalue weighted by molar-refractivity contribution is 9.10. The molecule has 0 aliphatic carbocycles. The quantitative estimate of drug-likeness (QED) is 0.330. The van der Waals surface area contributed by atoms with Gasteiger partial charge in [-0.05, 0) is 66.8 Å². The molecular formula is C27H27BrF3NO. The predicted octanol–water partition coefficient (Wildman–Crippen LogP) is 7.14. The van der Waals surface area contributed by atoms with Gasteiger partial charge < -0.3 is 4.74 Å². The Hall–Kier alpha value is -2.31. The fourth-order valence-electron chi connectivity index (χ4n) is 4.66. The van der Waals surface area contributed by atoms with Crippen LogP contribution in [-0.2, 0) is 18.6 Å². The van der Waals surface area contributed by atoms with E-state index in [4.69, 9.17) is 4.74 Å². The summed E-state index contributed by atoms with van der Waals surface area (Å²) in [6.45, 7) is 3.48. The monoisotopic (exact) mass is 517 g/mol. The van der Waals surface area contributed by atoms with Crippen molar-refractivity contribution in [1.82, 2.24) is 4.90 Å². The van der Waals surface area contributed by atoms with Gasteiger partial charge in [-0.1, -0.05) is 64.5 Å². The van der Waals surface area contributed by atoms with Gasteiger partial charge in [0, 0.05) is 17.6 Å². The lowest BCUT2D eigenvalue weighted by Gasteiger charge is -2.49. The molecule has 1 unspecified atom stereocenters. The van der Waals surface area contributed by atoms with Gasteiger partial charge in [0.15, 0.2) is 0 Å². The molecule has 0 saturated carbocycles. The highest BCUT2D eigenvalue weighted by atomic mass is 79.9. The van der Waals surface area contributed by atoms with Crippen LogP contribution in [0.15, 0.2) is 77.3 Å². The topological polar surface area (TPSA) is 12.5 Å². The highest BCUT2D eigenvalue weighted by Gasteiger charge is 2.52. The minimum atomic E-state index is -2.75. The molecule has 4 rings (SSSR count). The average Bonchev–Trinajstić information content (AvgIpc) is 2.78. The fourth-order valence-corrected chi connectivity index (χ4v) is 4.93. The van der Waals surface area contributed by atoms with Crippen molar-refractivity contribution in [3.63, 3.8) is 0 Å². The maximum atomic E-state index is 15.1. The predicted molar refractivity (Wildman–Crippen MR) is 129 cm³/mol. The summed E-state index contributed by atoms with van der Waals surface area (Å²) < 4.78 is 51.8. The summed E-state index contributed by atoms with van der Waals surface area (Å²) in [7, 11) is 0. The zero-order valence-corrected chi connectivity index (χ0v) is 20.3. The van der Waals surface area contributed by atoms with Crippen molar-refractivity contribution in [2.75, 3.05) is 13.1 Å². The van der Waals surface area contributed by atoms with Gasteiger partial charge in [0.2, 0.25) is 0 Å². The van der Waals surface area contributed by atoms with E-state index < -0.39 is 17.6 Å². The molecule has 0 saturated heterocycles. The Morgan fingerprint density at radius 2 is 1.73 bits per heavy atom. The van der Waals surface area contributed by atoms with Gasteiger partial charge in [0.05, 0.1) is 0 Å². The Labute approximate surface area is 201 Å². The summed E-state index contributed by atoms with van der Waals surface area (Å²) in [5.41, 5.74) is -0.576. The lowest BCUT2D eigenvalue weighted by atomic mass is 9.75. The third-order valence-corrected chi connectivity index (χ3v) is 6.58. The number of hydrogen-bond acceptors (Lipinski definition) is 2. The number of ether oxygens (including phenoxy) is 1. The Balaban J connectivity index is 1.77. The van der Waals surface area contributed by atoms with Crippen LogP contribution in [-0.4, -0.2) is 30.1 Å². The molecule has 33 heavy (non-hydrogen) atoms. The second-order valence-electron chi connectivity index (χ2n) is 9.06. The second-order valence-corrected chi connectivity index (χ2v) is 9.97. The minimum absolute atomic E-state index is 0.0981. The Bertz CT molecular complexity index is 1080. The van der Waals surface area contributed by atoms with Crippen molar-refractivity contribution in [2.24, 2.45) is 0 Å². The van der Waals surface area contributed by atoms with Gasteiger partial charge in [0.25, 0.3) is 6.43 Å². The lowest BCUT2D eigenvalue weighted by molar-refractivity contribution is -0.0581. The van der Waals surface area contributed by atoms with E-state index in [0.717, 1.165) is 15.6 Å². The summed E-state index contributed by atoms with van der Waals surface area (Å²) >= 11 is 3.39. The smallest absolute Gasteiger partial charge is 0.265 e. The van der Waals surface area contributed by atoms with E-state index in [-0.39, 0.29) is 6.54 Å². The van der Waals surface area contributed by atoms with Crippen LogP contribution in [0, 0.1) is 0 Å². The summed E-state index contributed by atoms with van der Waals surface area (Å²) in [5.74, 6) is 0.635. The third kappa shape index (κ3) is 4.97. The van der Waals surface area contributed by atoms with Crippen molar-refractivity contribution in [3.8, 4) is 5.75 Å². The molecule has 0 radical (unpaired) electrons. The first kappa shape index (κ1) is 23.8. The molecule has 1 atom stereocenters. The van der Waals surface area contributed by atoms with Crippen molar-refractivity contribution in [2.45, 2.75) is 44.5 Å². The molecule has 1 aliphatic heterocycles. The molecule has 0 aromatic heterocycles. The van der Waals surface area contributed by atoms with E-state index in [1.165, 1.54) is 13.8 Å². The molecule has 0 spiro atoms. The zero-order valence-electron chi connectivity index (χ0n) is 18.7. The Morgan fingerprint density at radius 3 is 2.36 bits per heavy atom. The lowest BCUT2D eigenvalue weighted by Crippen LogP contribution is -2.58. The number of halogens is 4. The van der Waals surface area contributed by atoms with Crippen molar-refractivity contribution < 1.29 is 17.9 Å². The normalized spacial score (nSPS) is 18.9. The second kappa shape index (κ2) is 9.51. The SMILES string of the molecule is CC(C)(F)CN1CCc2cc(OCc3ccccc3)ccc2C1(c1ccc(Br)cc1)C(F)F. The van der Waals surface area contributed by atoms with Crippen LogP contribution in [0.1, 0.15) is 36.1 Å². The van der Waals surface area contributed by atoms with Gasteiger partial charge in [-0.25, -0.2) is 13.2 Å². The standard InChI is InChI=1S/C27H27BrF3NO/c1-26(2,31)18-32-15-14-20-16-23(33-17-19-6-4-3-5-7-19)12-13-24(20)27(32,25(29)30)21-8-10-22(28)11-9-21/h3-13,16,25H,14-15,17-18H2,1-2H3. The summed E-state index contributed by atoms with van der Waals surface area (Å²) in [6, 6.07) is 22.0. The Kier molecular flexibility index (Phi) is 6.87. The van der Waals surface area contributed by atoms with Crippen LogP contribution in [0.5, 0.6) is 5.75 Å². The first-order valence-electron chi connectivity index (χ1n) is 11.0. The number of alkyl halides is 3. The van der Waals surface area contributed by atoms with Crippen molar-refractivity contribution in [3.05, 3.63) is 99.5 Å². The molecular weight excluding hydrogens is 491 g/mol. The first-order valence-corrected chi connectivity index (χ1v) is 11.8. The molecule has 0 fully saturated rings. The maximum Gasteiger partial charge on any atom is 0.265 e. The third-order valence-electron chi connectivity index (χ3n) is 6.05. The molecule has 0 amide bonds. The minimum Gasteiger partial charge on any atom is -0.489 e. The maximum absolute atomic E-state index is 15.1. The van der Waals surface area contributed by atoms with Crippen LogP contribution in [0.2, 0.25) is 0 Å². The molecule has 6 heteroatoms. The van der Waals surface area contributed by atoms with Gasteiger partial charge in [-0.15, -0.1) is 0 Å². The first-order chi connectivity index (χ1) is 15.7. The zero-order chi connectivity index (χ0) is 23.6. The fraction of sp³-hybridized carbons (Fsp3) is 0.333. The van der Waals surface area contributed by atoms with Gasteiger partial charge in [0.1, 0.15) is 23.6 Å². The number of benzene rings is 3. The molecule has 1 heterocycles. The summed E-state index contributed by atoms with van der Waals surface area (Å²) in [4.78, 5) is 1.60. The summed E-state index contributed by atoms with van der Waals surface area (Å²) in [6.07, 6.45) is -2.21. The van der Waals surface area contributed by atoms with Crippen LogP contribution >= 0.6 is 15.9 Å². The Morgan fingerprint density at radius 1 is 1.03 bits per heavy atom. The van der Waals surface area contributed by atoms with E-state index in [0.29, 0.717) is 36.4 Å². The molecule has 174 valence electrons. The van der Waals surface area contributed by atoms with Crippen LogP contribution in [0.3, 0.4) is 0 Å². The van der Waals surface area contributed by atoms with Gasteiger partial charge >= 0.3 is 0 Å². The molecule has 2 nitrogen and oxygen atoms in total. The number of rotatable bonds is 7. The molecule has 0 bridgehead atoms. The van der Waals surface area contributed by atoms with Gasteiger partial charge in [-0.2, -0.15) is 0 Å². The van der Waals surface area contributed by atoms with E-state index in [1.807, 2.05) is 36.4 Å². The van der Waals surface area contributed by atoms with Crippen LogP contribution in [0.25, 0.3) is 0 Å². The van der Waals surface area contributed by atoms with E-state index in [2.05, 4.69) is 15.9 Å². The molecule has 1 aliphatic rings. The van der Waals surface area contributed by atoms with Crippen LogP contribution < -0.4 is 4.74 Å². The van der Waals surface area contributed by atoms with Crippen molar-refractivity contribution in [1.29, 1.82) is 0 Å². The average molecular weight is 518 g/mol. The summed E-state index contributed by atoms with van der Waals surface area (Å²) in [5, 5.41) is 0. The number of nitrogens with zero attached hydrogens (tertiary/aromatic N) is 1. The molecule has 3 aromatic carbocycles. The van der Waals surface area contributed by atoms with E-state index >= 15 is 8.78 Å². The largest absolute Gasteiger partial charge is 0.489 e. The number of fused-ring (bicyclic) bond motifs is 1. The highest BCUT2D eigenvalue weighted by Crippen LogP contribution is 2.47.